The molecule has 0 rings (SSSR count). The van der Waals surface area contributed by atoms with Crippen molar-refractivity contribution in [2.75, 3.05) is 6.61 Å². The van der Waals surface area contributed by atoms with E-state index < -0.39 is 0 Å². The van der Waals surface area contributed by atoms with Crippen molar-refractivity contribution < 1.29 is 14.6 Å². The van der Waals surface area contributed by atoms with E-state index in [9.17, 15) is 4.79 Å². The SMILES string of the molecule is CC(C)=CCC/C(C)=C/CC/C(C)=C/CC(=O)OC(C)C.CC(C)=CCC/C(C)=C/CC/C(C)=C/CCO. The first kappa shape index (κ1) is 38.0. The molecule has 3 heteroatoms. The fraction of sp³-hybridized carbons (Fsp3) is 0.629. The Morgan fingerprint density at radius 1 is 0.579 bits per heavy atom. The zero-order valence-electron chi connectivity index (χ0n) is 26.6. The molecule has 1 N–H and O–H groups in total. The quantitative estimate of drug-likeness (QED) is 0.151. The van der Waals surface area contributed by atoms with Gasteiger partial charge in [-0.25, -0.2) is 0 Å². The van der Waals surface area contributed by atoms with Crippen LogP contribution in [0.5, 0.6) is 0 Å². The van der Waals surface area contributed by atoms with Crippen molar-refractivity contribution in [3.05, 3.63) is 69.9 Å². The average Bonchev–Trinajstić information content (AvgIpc) is 2.81. The summed E-state index contributed by atoms with van der Waals surface area (Å²) in [4.78, 5) is 11.4. The molecule has 0 spiro atoms. The number of ether oxygens (including phenoxy) is 1. The van der Waals surface area contributed by atoms with Gasteiger partial charge in [-0.05, 0) is 127 Å². The van der Waals surface area contributed by atoms with E-state index in [1.54, 1.807) is 0 Å². The van der Waals surface area contributed by atoms with Crippen molar-refractivity contribution in [2.24, 2.45) is 0 Å². The van der Waals surface area contributed by atoms with Gasteiger partial charge in [-0.2, -0.15) is 0 Å². The third-order valence-corrected chi connectivity index (χ3v) is 5.85. The Balaban J connectivity index is 0. The molecule has 0 amide bonds. The fourth-order valence-electron chi connectivity index (χ4n) is 3.56. The Morgan fingerprint density at radius 3 is 1.26 bits per heavy atom. The summed E-state index contributed by atoms with van der Waals surface area (Å²) < 4.78 is 5.11. The van der Waals surface area contributed by atoms with Gasteiger partial charge >= 0.3 is 5.97 Å². The van der Waals surface area contributed by atoms with Gasteiger partial charge in [0.15, 0.2) is 0 Å². The predicted octanol–water partition coefficient (Wildman–Crippen LogP) is 10.5. The molecule has 0 radical (unpaired) electrons. The molecule has 38 heavy (non-hydrogen) atoms. The smallest absolute Gasteiger partial charge is 0.309 e. The van der Waals surface area contributed by atoms with Crippen LogP contribution in [-0.2, 0) is 9.53 Å². The number of aliphatic hydroxyl groups excluding tert-OH is 1. The molecule has 0 aromatic carbocycles. The zero-order valence-corrected chi connectivity index (χ0v) is 26.6. The summed E-state index contributed by atoms with van der Waals surface area (Å²) >= 11 is 0. The van der Waals surface area contributed by atoms with E-state index in [-0.39, 0.29) is 18.7 Å². The normalized spacial score (nSPS) is 12.6. The van der Waals surface area contributed by atoms with Crippen LogP contribution in [-0.4, -0.2) is 23.8 Å². The molecule has 0 aliphatic carbocycles. The van der Waals surface area contributed by atoms with Gasteiger partial charge in [0.25, 0.3) is 0 Å². The highest BCUT2D eigenvalue weighted by Crippen LogP contribution is 2.13. The summed E-state index contributed by atoms with van der Waals surface area (Å²) in [6, 6.07) is 0. The molecule has 0 fully saturated rings. The lowest BCUT2D eigenvalue weighted by Crippen LogP contribution is -2.10. The number of rotatable bonds is 17. The summed E-state index contributed by atoms with van der Waals surface area (Å²) in [5, 5.41) is 8.71. The van der Waals surface area contributed by atoms with Crippen LogP contribution in [0, 0.1) is 0 Å². The molecule has 0 unspecified atom stereocenters. The largest absolute Gasteiger partial charge is 0.463 e. The number of hydrogen-bond acceptors (Lipinski definition) is 3. The molecule has 0 saturated heterocycles. The second-order valence-electron chi connectivity index (χ2n) is 11.2. The van der Waals surface area contributed by atoms with Crippen LogP contribution >= 0.6 is 0 Å². The maximum Gasteiger partial charge on any atom is 0.309 e. The number of hydrogen-bond donors (Lipinski definition) is 1. The molecular formula is C35H60O3. The van der Waals surface area contributed by atoms with Gasteiger partial charge in [0.2, 0.25) is 0 Å². The van der Waals surface area contributed by atoms with Gasteiger partial charge in [-0.15, -0.1) is 0 Å². The Bertz CT molecular complexity index is 808. The summed E-state index contributed by atoms with van der Waals surface area (Å²) in [6.07, 6.45) is 23.4. The molecule has 0 atom stereocenters. The van der Waals surface area contributed by atoms with E-state index in [1.165, 1.54) is 39.9 Å². The Hall–Kier alpha value is -2.13. The van der Waals surface area contributed by atoms with Gasteiger partial charge in [0.05, 0.1) is 12.5 Å². The van der Waals surface area contributed by atoms with Gasteiger partial charge in [-0.3, -0.25) is 4.79 Å². The maximum absolute atomic E-state index is 11.4. The van der Waals surface area contributed by atoms with Crippen molar-refractivity contribution in [2.45, 2.75) is 140 Å². The minimum atomic E-state index is -0.141. The van der Waals surface area contributed by atoms with Gasteiger partial charge < -0.3 is 9.84 Å². The molecule has 0 aromatic rings. The van der Waals surface area contributed by atoms with Crippen LogP contribution in [0.3, 0.4) is 0 Å². The number of aliphatic hydroxyl groups is 1. The summed E-state index contributed by atoms with van der Waals surface area (Å²) in [7, 11) is 0. The molecule has 218 valence electrons. The molecule has 0 aromatic heterocycles. The third kappa shape index (κ3) is 30.1. The molecule has 0 heterocycles. The fourth-order valence-corrected chi connectivity index (χ4v) is 3.56. The number of allylic oxidation sites excluding steroid dienone is 10. The minimum Gasteiger partial charge on any atom is -0.463 e. The highest BCUT2D eigenvalue weighted by molar-refractivity contribution is 5.71. The number of carbonyl (C=O) groups is 1. The highest BCUT2D eigenvalue weighted by atomic mass is 16.5. The van der Waals surface area contributed by atoms with Crippen molar-refractivity contribution in [3.63, 3.8) is 0 Å². The van der Waals surface area contributed by atoms with Crippen molar-refractivity contribution in [3.8, 4) is 0 Å². The second kappa shape index (κ2) is 25.2. The predicted molar refractivity (Wildman–Crippen MR) is 168 cm³/mol. The Morgan fingerprint density at radius 2 is 0.921 bits per heavy atom. The summed E-state index contributed by atoms with van der Waals surface area (Å²) in [6.45, 7) is 21.2. The first-order chi connectivity index (χ1) is 17.9. The van der Waals surface area contributed by atoms with Crippen LogP contribution < -0.4 is 0 Å². The number of esters is 1. The van der Waals surface area contributed by atoms with E-state index in [0.717, 1.165) is 51.4 Å². The van der Waals surface area contributed by atoms with Crippen LogP contribution in [0.25, 0.3) is 0 Å². The molecular weight excluding hydrogens is 468 g/mol. The Kier molecular flexibility index (Phi) is 25.2. The standard InChI is InChI=1S/C19H32O2.C16H28O/c1-15(2)9-7-10-17(5)11-8-12-18(6)13-14-19(20)21-16(3)4;1-14(2)8-5-9-15(3)10-6-11-16(4)12-7-13-17/h9,11,13,16H,7-8,10,12,14H2,1-6H3;8,10,12,17H,5-7,9,11,13H2,1-4H3/b17-11+,18-13+;15-10+,16-12+. The lowest BCUT2D eigenvalue weighted by molar-refractivity contribution is -0.146. The topological polar surface area (TPSA) is 46.5 Å². The molecule has 3 nitrogen and oxygen atoms in total. The molecule has 0 aliphatic rings. The summed E-state index contributed by atoms with van der Waals surface area (Å²) in [5.74, 6) is -0.141. The molecule has 0 aliphatic heterocycles. The van der Waals surface area contributed by atoms with E-state index in [1.807, 2.05) is 19.9 Å². The number of carbonyl (C=O) groups excluding carboxylic acids is 1. The van der Waals surface area contributed by atoms with Crippen molar-refractivity contribution in [1.29, 1.82) is 0 Å². The van der Waals surface area contributed by atoms with Gasteiger partial charge in [-0.1, -0.05) is 69.9 Å². The zero-order chi connectivity index (χ0) is 29.3. The van der Waals surface area contributed by atoms with Crippen LogP contribution in [0.15, 0.2) is 69.9 Å². The van der Waals surface area contributed by atoms with Gasteiger partial charge in [0, 0.05) is 6.61 Å². The molecule has 0 bridgehead atoms. The molecule has 0 saturated carbocycles. The summed E-state index contributed by atoms with van der Waals surface area (Å²) in [5.41, 5.74) is 8.35. The monoisotopic (exact) mass is 528 g/mol. The van der Waals surface area contributed by atoms with Crippen molar-refractivity contribution >= 4 is 5.97 Å². The Labute approximate surface area is 236 Å². The lowest BCUT2D eigenvalue weighted by atomic mass is 10.1. The first-order valence-corrected chi connectivity index (χ1v) is 14.6. The van der Waals surface area contributed by atoms with Crippen molar-refractivity contribution in [1.82, 2.24) is 0 Å². The first-order valence-electron chi connectivity index (χ1n) is 14.6. The highest BCUT2D eigenvalue weighted by Gasteiger charge is 2.03. The van der Waals surface area contributed by atoms with Crippen LogP contribution in [0.1, 0.15) is 133 Å². The third-order valence-electron chi connectivity index (χ3n) is 5.85. The average molecular weight is 529 g/mol. The van der Waals surface area contributed by atoms with E-state index in [2.05, 4.69) is 85.8 Å². The van der Waals surface area contributed by atoms with Gasteiger partial charge in [0.1, 0.15) is 0 Å². The lowest BCUT2D eigenvalue weighted by Gasteiger charge is -2.06. The van der Waals surface area contributed by atoms with Crippen LogP contribution in [0.2, 0.25) is 0 Å². The van der Waals surface area contributed by atoms with E-state index in [4.69, 9.17) is 9.84 Å². The van der Waals surface area contributed by atoms with Crippen LogP contribution in [0.4, 0.5) is 0 Å². The second-order valence-corrected chi connectivity index (χ2v) is 11.2. The maximum atomic E-state index is 11.4. The van der Waals surface area contributed by atoms with E-state index >= 15 is 0 Å². The van der Waals surface area contributed by atoms with E-state index in [0.29, 0.717) is 6.42 Å². The minimum absolute atomic E-state index is 0.0300.